The molecule has 21 heavy (non-hydrogen) atoms. The van der Waals surface area contributed by atoms with E-state index < -0.39 is 0 Å². The molecule has 1 aliphatic rings. The number of hydrogen-bond donors (Lipinski definition) is 0. The molecule has 0 radical (unpaired) electrons. The van der Waals surface area contributed by atoms with Gasteiger partial charge in [-0.2, -0.15) is 5.10 Å². The highest BCUT2D eigenvalue weighted by Crippen LogP contribution is 2.31. The van der Waals surface area contributed by atoms with Gasteiger partial charge in [-0.15, -0.1) is 0 Å². The van der Waals surface area contributed by atoms with Crippen molar-refractivity contribution in [1.29, 1.82) is 0 Å². The van der Waals surface area contributed by atoms with E-state index in [1.807, 2.05) is 43.4 Å². The Morgan fingerprint density at radius 3 is 2.90 bits per heavy atom. The summed E-state index contributed by atoms with van der Waals surface area (Å²) in [6.07, 6.45) is 8.15. The number of carbonyl (C=O) groups is 1. The molecule has 1 saturated heterocycles. The summed E-state index contributed by atoms with van der Waals surface area (Å²) in [5.41, 5.74) is 3.08. The molecule has 3 rings (SSSR count). The van der Waals surface area contributed by atoms with E-state index >= 15 is 0 Å². The average molecular weight is 284 g/mol. The number of rotatable bonds is 3. The lowest BCUT2D eigenvalue weighted by molar-refractivity contribution is -0.131. The fourth-order valence-electron chi connectivity index (χ4n) is 2.90. The number of aryl methyl sites for hydroxylation is 2. The molecule has 1 fully saturated rings. The summed E-state index contributed by atoms with van der Waals surface area (Å²) >= 11 is 0. The number of pyridine rings is 1. The molecule has 5 heteroatoms. The SMILES string of the molecule is Cc1ccc(CC(=O)N2CCC[C@@H]2c2cnn(C)c2)cn1. The Hall–Kier alpha value is -2.17. The van der Waals surface area contributed by atoms with Gasteiger partial charge < -0.3 is 4.90 Å². The van der Waals surface area contributed by atoms with Crippen LogP contribution in [-0.2, 0) is 18.3 Å². The van der Waals surface area contributed by atoms with Crippen LogP contribution in [0.25, 0.3) is 0 Å². The molecule has 1 aliphatic heterocycles. The molecule has 0 unspecified atom stereocenters. The molecule has 2 aromatic rings. The van der Waals surface area contributed by atoms with E-state index in [2.05, 4.69) is 10.1 Å². The van der Waals surface area contributed by atoms with Crippen molar-refractivity contribution in [3.63, 3.8) is 0 Å². The van der Waals surface area contributed by atoms with Gasteiger partial charge >= 0.3 is 0 Å². The number of nitrogens with zero attached hydrogens (tertiary/aromatic N) is 4. The van der Waals surface area contributed by atoms with Gasteiger partial charge in [0.1, 0.15) is 0 Å². The summed E-state index contributed by atoms with van der Waals surface area (Å²) in [6.45, 7) is 2.78. The molecular weight excluding hydrogens is 264 g/mol. The number of likely N-dealkylation sites (tertiary alicyclic amines) is 1. The third-order valence-corrected chi connectivity index (χ3v) is 4.01. The van der Waals surface area contributed by atoms with Crippen LogP contribution in [0.15, 0.2) is 30.7 Å². The maximum Gasteiger partial charge on any atom is 0.227 e. The van der Waals surface area contributed by atoms with E-state index in [1.54, 1.807) is 10.9 Å². The van der Waals surface area contributed by atoms with Gasteiger partial charge in [-0.3, -0.25) is 14.5 Å². The van der Waals surface area contributed by atoms with Crippen LogP contribution in [0.3, 0.4) is 0 Å². The van der Waals surface area contributed by atoms with E-state index in [-0.39, 0.29) is 11.9 Å². The Bertz CT molecular complexity index is 632. The second kappa shape index (κ2) is 5.68. The maximum atomic E-state index is 12.6. The molecule has 5 nitrogen and oxygen atoms in total. The third-order valence-electron chi connectivity index (χ3n) is 4.01. The summed E-state index contributed by atoms with van der Waals surface area (Å²) in [6, 6.07) is 4.10. The second-order valence-electron chi connectivity index (χ2n) is 5.68. The van der Waals surface area contributed by atoms with Crippen LogP contribution < -0.4 is 0 Å². The minimum Gasteiger partial charge on any atom is -0.335 e. The lowest BCUT2D eigenvalue weighted by atomic mass is 10.1. The molecule has 0 saturated carbocycles. The highest BCUT2D eigenvalue weighted by molar-refractivity contribution is 5.79. The molecule has 2 aromatic heterocycles. The molecule has 0 N–H and O–H groups in total. The molecule has 110 valence electrons. The monoisotopic (exact) mass is 284 g/mol. The van der Waals surface area contributed by atoms with Crippen molar-refractivity contribution in [2.45, 2.75) is 32.2 Å². The summed E-state index contributed by atoms with van der Waals surface area (Å²) in [4.78, 5) is 18.8. The van der Waals surface area contributed by atoms with Crippen molar-refractivity contribution < 1.29 is 4.79 Å². The summed E-state index contributed by atoms with van der Waals surface area (Å²) in [5, 5.41) is 4.22. The predicted octanol–water partition coefficient (Wildman–Crippen LogP) is 2.03. The highest BCUT2D eigenvalue weighted by atomic mass is 16.2. The van der Waals surface area contributed by atoms with Gasteiger partial charge in [0.25, 0.3) is 0 Å². The van der Waals surface area contributed by atoms with Gasteiger partial charge in [-0.1, -0.05) is 6.07 Å². The van der Waals surface area contributed by atoms with E-state index in [0.29, 0.717) is 6.42 Å². The molecule has 0 aliphatic carbocycles. The zero-order valence-electron chi connectivity index (χ0n) is 12.5. The maximum absolute atomic E-state index is 12.6. The first-order valence-electron chi connectivity index (χ1n) is 7.33. The van der Waals surface area contributed by atoms with Crippen LogP contribution in [0.4, 0.5) is 0 Å². The first kappa shape index (κ1) is 13.8. The van der Waals surface area contributed by atoms with E-state index in [0.717, 1.165) is 36.2 Å². The minimum absolute atomic E-state index is 0.171. The van der Waals surface area contributed by atoms with Crippen LogP contribution in [0.1, 0.15) is 35.7 Å². The first-order valence-corrected chi connectivity index (χ1v) is 7.33. The van der Waals surface area contributed by atoms with Gasteiger partial charge in [0.2, 0.25) is 5.91 Å². The van der Waals surface area contributed by atoms with Crippen molar-refractivity contribution in [3.8, 4) is 0 Å². The van der Waals surface area contributed by atoms with Crippen molar-refractivity contribution in [3.05, 3.63) is 47.5 Å². The zero-order valence-corrected chi connectivity index (χ0v) is 12.5. The normalized spacial score (nSPS) is 18.2. The van der Waals surface area contributed by atoms with E-state index in [9.17, 15) is 4.79 Å². The van der Waals surface area contributed by atoms with Gasteiger partial charge in [0, 0.05) is 37.2 Å². The Balaban J connectivity index is 1.72. The van der Waals surface area contributed by atoms with Crippen LogP contribution in [-0.4, -0.2) is 32.1 Å². The number of aromatic nitrogens is 3. The van der Waals surface area contributed by atoms with E-state index in [1.165, 1.54) is 0 Å². The van der Waals surface area contributed by atoms with Crippen LogP contribution >= 0.6 is 0 Å². The van der Waals surface area contributed by atoms with Crippen LogP contribution in [0, 0.1) is 6.92 Å². The fraction of sp³-hybridized carbons (Fsp3) is 0.438. The Labute approximate surface area is 124 Å². The standard InChI is InChI=1S/C16H20N4O/c1-12-5-6-13(9-17-12)8-16(21)20-7-3-4-15(20)14-10-18-19(2)11-14/h5-6,9-11,15H,3-4,7-8H2,1-2H3/t15-/m1/s1. The van der Waals surface area contributed by atoms with Gasteiger partial charge in [0.15, 0.2) is 0 Å². The first-order chi connectivity index (χ1) is 10.1. The zero-order chi connectivity index (χ0) is 14.8. The summed E-state index contributed by atoms with van der Waals surface area (Å²) in [7, 11) is 1.91. The van der Waals surface area contributed by atoms with Gasteiger partial charge in [-0.25, -0.2) is 0 Å². The molecule has 0 spiro atoms. The molecule has 0 aromatic carbocycles. The molecule has 1 amide bonds. The van der Waals surface area contributed by atoms with Gasteiger partial charge in [-0.05, 0) is 31.4 Å². The van der Waals surface area contributed by atoms with Crippen molar-refractivity contribution in [2.75, 3.05) is 6.54 Å². The van der Waals surface area contributed by atoms with E-state index in [4.69, 9.17) is 0 Å². The largest absolute Gasteiger partial charge is 0.335 e. The predicted molar refractivity (Wildman–Crippen MR) is 79.6 cm³/mol. The van der Waals surface area contributed by atoms with Crippen LogP contribution in [0.2, 0.25) is 0 Å². The minimum atomic E-state index is 0.171. The Morgan fingerprint density at radius 2 is 2.24 bits per heavy atom. The van der Waals surface area contributed by atoms with Gasteiger partial charge in [0.05, 0.1) is 18.7 Å². The number of hydrogen-bond acceptors (Lipinski definition) is 3. The lowest BCUT2D eigenvalue weighted by Crippen LogP contribution is -2.31. The smallest absolute Gasteiger partial charge is 0.227 e. The van der Waals surface area contributed by atoms with Crippen molar-refractivity contribution >= 4 is 5.91 Å². The Kier molecular flexibility index (Phi) is 3.73. The van der Waals surface area contributed by atoms with Crippen molar-refractivity contribution in [2.24, 2.45) is 7.05 Å². The topological polar surface area (TPSA) is 51.0 Å². The summed E-state index contributed by atoms with van der Waals surface area (Å²) in [5.74, 6) is 0.173. The highest BCUT2D eigenvalue weighted by Gasteiger charge is 2.30. The molecule has 1 atom stereocenters. The summed E-state index contributed by atoms with van der Waals surface area (Å²) < 4.78 is 1.79. The van der Waals surface area contributed by atoms with Crippen molar-refractivity contribution in [1.82, 2.24) is 19.7 Å². The molecule has 3 heterocycles. The molecule has 0 bridgehead atoms. The quantitative estimate of drug-likeness (QED) is 0.866. The third kappa shape index (κ3) is 2.96. The number of amides is 1. The Morgan fingerprint density at radius 1 is 1.38 bits per heavy atom. The molecular formula is C16H20N4O. The fourth-order valence-corrected chi connectivity index (χ4v) is 2.90. The number of carbonyl (C=O) groups excluding carboxylic acids is 1. The lowest BCUT2D eigenvalue weighted by Gasteiger charge is -2.24. The average Bonchev–Trinajstić information content (AvgIpc) is 3.09. The van der Waals surface area contributed by atoms with Crippen LogP contribution in [0.5, 0.6) is 0 Å². The second-order valence-corrected chi connectivity index (χ2v) is 5.68.